The first kappa shape index (κ1) is 14.5. The van der Waals surface area contributed by atoms with Gasteiger partial charge in [0.25, 0.3) is 0 Å². The van der Waals surface area contributed by atoms with Crippen LogP contribution in [0, 0.1) is 6.92 Å². The summed E-state index contributed by atoms with van der Waals surface area (Å²) >= 11 is 3.10. The largest absolute Gasteiger partial charge is 0.261 e. The zero-order valence-electron chi connectivity index (χ0n) is 11.4. The Bertz CT molecular complexity index is 494. The van der Waals surface area contributed by atoms with Crippen LogP contribution in [0.4, 0.5) is 0 Å². The van der Waals surface area contributed by atoms with E-state index in [1.54, 1.807) is 0 Å². The average molecular weight is 293 g/mol. The van der Waals surface area contributed by atoms with Crippen LogP contribution in [-0.4, -0.2) is 19.5 Å². The van der Waals surface area contributed by atoms with Gasteiger partial charge in [0.2, 0.25) is 0 Å². The lowest BCUT2D eigenvalue weighted by atomic mass is 10.2. The van der Waals surface area contributed by atoms with Gasteiger partial charge in [-0.3, -0.25) is 4.98 Å². The lowest BCUT2D eigenvalue weighted by Crippen LogP contribution is -1.87. The summed E-state index contributed by atoms with van der Waals surface area (Å²) in [6.45, 7) is 4.23. The van der Waals surface area contributed by atoms with Crippen LogP contribution in [0.1, 0.15) is 38.3 Å². The maximum Gasteiger partial charge on any atom is 0.138 e. The SMILES string of the molecule is CCCCCCSc1nsnc1-c1ccc(C)nc1. The highest BCUT2D eigenvalue weighted by molar-refractivity contribution is 7.99. The third-order valence-electron chi connectivity index (χ3n) is 2.88. The van der Waals surface area contributed by atoms with Crippen LogP contribution in [-0.2, 0) is 0 Å². The maximum absolute atomic E-state index is 4.40. The van der Waals surface area contributed by atoms with Gasteiger partial charge in [-0.05, 0) is 31.2 Å². The molecule has 5 heteroatoms. The van der Waals surface area contributed by atoms with E-state index in [0.29, 0.717) is 0 Å². The van der Waals surface area contributed by atoms with Crippen molar-refractivity contribution < 1.29 is 0 Å². The summed E-state index contributed by atoms with van der Waals surface area (Å²) in [5.74, 6) is 1.12. The fraction of sp³-hybridized carbons (Fsp3) is 0.500. The Morgan fingerprint density at radius 3 is 2.79 bits per heavy atom. The van der Waals surface area contributed by atoms with E-state index >= 15 is 0 Å². The molecule has 0 aliphatic rings. The Hall–Kier alpha value is -0.940. The lowest BCUT2D eigenvalue weighted by Gasteiger charge is -2.01. The molecule has 2 aromatic heterocycles. The molecule has 0 radical (unpaired) electrons. The van der Waals surface area contributed by atoms with Crippen molar-refractivity contribution in [3.63, 3.8) is 0 Å². The molecule has 0 spiro atoms. The van der Waals surface area contributed by atoms with Crippen molar-refractivity contribution >= 4 is 23.5 Å². The van der Waals surface area contributed by atoms with E-state index in [4.69, 9.17) is 0 Å². The van der Waals surface area contributed by atoms with E-state index in [9.17, 15) is 0 Å². The molecule has 2 rings (SSSR count). The first-order chi connectivity index (χ1) is 9.31. The highest BCUT2D eigenvalue weighted by Gasteiger charge is 2.11. The van der Waals surface area contributed by atoms with E-state index < -0.39 is 0 Å². The topological polar surface area (TPSA) is 38.7 Å². The van der Waals surface area contributed by atoms with Gasteiger partial charge < -0.3 is 0 Å². The van der Waals surface area contributed by atoms with Crippen molar-refractivity contribution in [2.45, 2.75) is 44.6 Å². The number of hydrogen-bond donors (Lipinski definition) is 0. The van der Waals surface area contributed by atoms with Crippen molar-refractivity contribution in [1.29, 1.82) is 0 Å². The van der Waals surface area contributed by atoms with Crippen molar-refractivity contribution in [3.05, 3.63) is 24.0 Å². The fourth-order valence-corrected chi connectivity index (χ4v) is 3.44. The molecule has 19 heavy (non-hydrogen) atoms. The first-order valence-electron chi connectivity index (χ1n) is 6.69. The molecule has 0 bridgehead atoms. The predicted octanol–water partition coefficient (Wildman–Crippen LogP) is 4.58. The van der Waals surface area contributed by atoms with E-state index in [2.05, 4.69) is 26.7 Å². The molecular weight excluding hydrogens is 274 g/mol. The molecule has 2 heterocycles. The second-order valence-corrected chi connectivity index (χ2v) is 6.13. The third kappa shape index (κ3) is 4.28. The molecule has 0 unspecified atom stereocenters. The molecule has 102 valence electrons. The third-order valence-corrected chi connectivity index (χ3v) is 4.57. The van der Waals surface area contributed by atoms with Gasteiger partial charge in [-0.1, -0.05) is 26.2 Å². The van der Waals surface area contributed by atoms with Gasteiger partial charge in [-0.2, -0.15) is 8.75 Å². The zero-order valence-corrected chi connectivity index (χ0v) is 13.1. The van der Waals surface area contributed by atoms with Crippen LogP contribution in [0.15, 0.2) is 23.4 Å². The monoisotopic (exact) mass is 293 g/mol. The minimum absolute atomic E-state index is 0.984. The normalized spacial score (nSPS) is 10.8. The molecule has 0 aliphatic heterocycles. The lowest BCUT2D eigenvalue weighted by molar-refractivity contribution is 0.706. The second-order valence-electron chi connectivity index (χ2n) is 4.52. The number of hydrogen-bond acceptors (Lipinski definition) is 5. The number of aromatic nitrogens is 3. The van der Waals surface area contributed by atoms with E-state index in [-0.39, 0.29) is 0 Å². The number of rotatable bonds is 7. The quantitative estimate of drug-likeness (QED) is 0.553. The summed E-state index contributed by atoms with van der Waals surface area (Å²) in [6.07, 6.45) is 7.05. The summed E-state index contributed by atoms with van der Waals surface area (Å²) in [7, 11) is 0. The number of pyridine rings is 1. The van der Waals surface area contributed by atoms with Crippen molar-refractivity contribution in [3.8, 4) is 11.3 Å². The highest BCUT2D eigenvalue weighted by Crippen LogP contribution is 2.29. The first-order valence-corrected chi connectivity index (χ1v) is 8.41. The van der Waals surface area contributed by atoms with Gasteiger partial charge in [0.05, 0.1) is 11.7 Å². The maximum atomic E-state index is 4.40. The molecule has 2 aromatic rings. The van der Waals surface area contributed by atoms with Crippen LogP contribution < -0.4 is 0 Å². The summed E-state index contributed by atoms with van der Waals surface area (Å²) in [4.78, 5) is 4.32. The molecule has 0 fully saturated rings. The van der Waals surface area contributed by atoms with Crippen LogP contribution in [0.25, 0.3) is 11.3 Å². The van der Waals surface area contributed by atoms with Crippen molar-refractivity contribution in [2.75, 3.05) is 5.75 Å². The number of nitrogens with zero attached hydrogens (tertiary/aromatic N) is 3. The van der Waals surface area contributed by atoms with E-state index in [1.807, 2.05) is 30.9 Å². The summed E-state index contributed by atoms with van der Waals surface area (Å²) in [6, 6.07) is 4.09. The zero-order chi connectivity index (χ0) is 13.5. The van der Waals surface area contributed by atoms with Gasteiger partial charge in [0, 0.05) is 17.5 Å². The minimum atomic E-state index is 0.984. The molecule has 3 nitrogen and oxygen atoms in total. The Balaban J connectivity index is 1.96. The Morgan fingerprint density at radius 1 is 1.16 bits per heavy atom. The molecule has 0 aromatic carbocycles. The Kier molecular flexibility index (Phi) is 5.79. The molecule has 0 aliphatic carbocycles. The fourth-order valence-electron chi connectivity index (χ4n) is 1.76. The van der Waals surface area contributed by atoms with Crippen LogP contribution >= 0.6 is 23.5 Å². The molecule has 0 saturated heterocycles. The highest BCUT2D eigenvalue weighted by atomic mass is 32.2. The van der Waals surface area contributed by atoms with Gasteiger partial charge in [-0.25, -0.2) is 0 Å². The number of unbranched alkanes of at least 4 members (excludes halogenated alkanes) is 3. The molecule has 0 atom stereocenters. The smallest absolute Gasteiger partial charge is 0.138 e. The van der Waals surface area contributed by atoms with E-state index in [1.165, 1.54) is 37.4 Å². The van der Waals surface area contributed by atoms with Crippen molar-refractivity contribution in [2.24, 2.45) is 0 Å². The van der Waals surface area contributed by atoms with Gasteiger partial charge in [0.15, 0.2) is 0 Å². The summed E-state index contributed by atoms with van der Waals surface area (Å²) in [5.41, 5.74) is 3.08. The predicted molar refractivity (Wildman–Crippen MR) is 82.7 cm³/mol. The molecule has 0 amide bonds. The van der Waals surface area contributed by atoms with Crippen LogP contribution in [0.2, 0.25) is 0 Å². The summed E-state index contributed by atoms with van der Waals surface area (Å²) in [5, 5.41) is 1.05. The van der Waals surface area contributed by atoms with Crippen LogP contribution in [0.5, 0.6) is 0 Å². The average Bonchev–Trinajstić information content (AvgIpc) is 2.88. The van der Waals surface area contributed by atoms with Gasteiger partial charge in [-0.15, -0.1) is 11.8 Å². The standard InChI is InChI=1S/C14H19N3S2/c1-3-4-5-6-9-18-14-13(16-19-17-14)12-8-7-11(2)15-10-12/h7-8,10H,3-6,9H2,1-2H3. The minimum Gasteiger partial charge on any atom is -0.261 e. The van der Waals surface area contributed by atoms with Gasteiger partial charge in [0.1, 0.15) is 10.7 Å². The van der Waals surface area contributed by atoms with Gasteiger partial charge >= 0.3 is 0 Å². The second kappa shape index (κ2) is 7.60. The van der Waals surface area contributed by atoms with Crippen molar-refractivity contribution in [1.82, 2.24) is 13.7 Å². The Morgan fingerprint density at radius 2 is 2.05 bits per heavy atom. The van der Waals surface area contributed by atoms with E-state index in [0.717, 1.165) is 27.7 Å². The molecular formula is C14H19N3S2. The van der Waals surface area contributed by atoms with Crippen LogP contribution in [0.3, 0.4) is 0 Å². The molecule has 0 N–H and O–H groups in total. The Labute approximate surface area is 123 Å². The molecule has 0 saturated carbocycles. The summed E-state index contributed by atoms with van der Waals surface area (Å²) < 4.78 is 8.80. The number of aryl methyl sites for hydroxylation is 1. The number of thioether (sulfide) groups is 1.